The molecule has 0 fully saturated rings. The molecule has 15 heavy (non-hydrogen) atoms. The van der Waals surface area contributed by atoms with Gasteiger partial charge in [0.15, 0.2) is 0 Å². The van der Waals surface area contributed by atoms with Crippen LogP contribution in [0.3, 0.4) is 0 Å². The zero-order valence-corrected chi connectivity index (χ0v) is 12.1. The van der Waals surface area contributed by atoms with Crippen molar-refractivity contribution in [1.29, 1.82) is 0 Å². The first-order valence-corrected chi connectivity index (χ1v) is 6.39. The number of hydrogen-bond acceptors (Lipinski definition) is 2. The summed E-state index contributed by atoms with van der Waals surface area (Å²) in [4.78, 5) is 0. The number of methoxy groups -OCH3 is 1. The van der Waals surface area contributed by atoms with Crippen molar-refractivity contribution in [2.24, 2.45) is 0 Å². The first kappa shape index (κ1) is 13.2. The molecule has 0 radical (unpaired) electrons. The Kier molecular flexibility index (Phi) is 5.82. The summed E-state index contributed by atoms with van der Waals surface area (Å²) in [5.74, 6) is 0. The Labute approximate surface area is 108 Å². The van der Waals surface area contributed by atoms with E-state index in [1.54, 1.807) is 7.11 Å². The van der Waals surface area contributed by atoms with E-state index in [0.717, 1.165) is 22.0 Å². The molecule has 1 rings (SSSR count). The molecule has 1 aromatic carbocycles. The van der Waals surface area contributed by atoms with Gasteiger partial charge >= 0.3 is 0 Å². The molecule has 0 heterocycles. The molecule has 1 aromatic rings. The van der Waals surface area contributed by atoms with Crippen LogP contribution in [0.2, 0.25) is 0 Å². The Morgan fingerprint density at radius 2 is 2.07 bits per heavy atom. The van der Waals surface area contributed by atoms with Gasteiger partial charge in [-0.25, -0.2) is 0 Å². The summed E-state index contributed by atoms with van der Waals surface area (Å²) >= 11 is 6.93. The number of benzene rings is 1. The largest absolute Gasteiger partial charge is 0.380 e. The van der Waals surface area contributed by atoms with Crippen molar-refractivity contribution < 1.29 is 4.74 Å². The lowest BCUT2D eigenvalue weighted by Crippen LogP contribution is -2.25. The highest BCUT2D eigenvalue weighted by Gasteiger charge is 2.00. The van der Waals surface area contributed by atoms with Gasteiger partial charge < -0.3 is 10.1 Å². The Morgan fingerprint density at radius 3 is 2.67 bits per heavy atom. The number of hydrogen-bond donors (Lipinski definition) is 1. The SMILES string of the molecule is COC(C)CNCc1ccc(Br)c(Br)c1. The van der Waals surface area contributed by atoms with Gasteiger partial charge in [0.2, 0.25) is 0 Å². The first-order valence-electron chi connectivity index (χ1n) is 4.81. The molecule has 0 bridgehead atoms. The van der Waals surface area contributed by atoms with E-state index in [-0.39, 0.29) is 6.10 Å². The van der Waals surface area contributed by atoms with E-state index < -0.39 is 0 Å². The third-order valence-corrected chi connectivity index (χ3v) is 4.03. The summed E-state index contributed by atoms with van der Waals surface area (Å²) in [6.45, 7) is 3.77. The van der Waals surface area contributed by atoms with E-state index in [9.17, 15) is 0 Å². The summed E-state index contributed by atoms with van der Waals surface area (Å²) in [7, 11) is 1.72. The van der Waals surface area contributed by atoms with Crippen molar-refractivity contribution in [2.75, 3.05) is 13.7 Å². The Hall–Kier alpha value is 0.1000. The molecular weight excluding hydrogens is 322 g/mol. The highest BCUT2D eigenvalue weighted by molar-refractivity contribution is 9.13. The van der Waals surface area contributed by atoms with E-state index in [1.807, 2.05) is 13.0 Å². The van der Waals surface area contributed by atoms with Crippen LogP contribution in [-0.4, -0.2) is 19.8 Å². The van der Waals surface area contributed by atoms with E-state index in [0.29, 0.717) is 0 Å². The lowest BCUT2D eigenvalue weighted by molar-refractivity contribution is 0.117. The van der Waals surface area contributed by atoms with Crippen molar-refractivity contribution in [3.63, 3.8) is 0 Å². The van der Waals surface area contributed by atoms with Gasteiger partial charge in [-0.15, -0.1) is 0 Å². The van der Waals surface area contributed by atoms with Crippen molar-refractivity contribution in [3.05, 3.63) is 32.7 Å². The number of ether oxygens (including phenoxy) is 1. The minimum atomic E-state index is 0.254. The number of rotatable bonds is 5. The summed E-state index contributed by atoms with van der Waals surface area (Å²) < 4.78 is 7.32. The van der Waals surface area contributed by atoms with E-state index >= 15 is 0 Å². The molecule has 0 spiro atoms. The monoisotopic (exact) mass is 335 g/mol. The van der Waals surface area contributed by atoms with Crippen LogP contribution >= 0.6 is 31.9 Å². The van der Waals surface area contributed by atoms with Crippen LogP contribution in [0.4, 0.5) is 0 Å². The molecule has 0 aliphatic carbocycles. The maximum absolute atomic E-state index is 5.15. The molecule has 0 saturated heterocycles. The van der Waals surface area contributed by atoms with Crippen LogP contribution in [-0.2, 0) is 11.3 Å². The second kappa shape index (κ2) is 6.63. The smallest absolute Gasteiger partial charge is 0.0667 e. The molecular formula is C11H15Br2NO. The highest BCUT2D eigenvalue weighted by atomic mass is 79.9. The minimum absolute atomic E-state index is 0.254. The van der Waals surface area contributed by atoms with E-state index in [1.165, 1.54) is 5.56 Å². The summed E-state index contributed by atoms with van der Waals surface area (Å²) in [5.41, 5.74) is 1.26. The molecule has 4 heteroatoms. The second-order valence-electron chi connectivity index (χ2n) is 3.43. The van der Waals surface area contributed by atoms with Gasteiger partial charge in [-0.05, 0) is 56.5 Å². The van der Waals surface area contributed by atoms with Gasteiger partial charge in [-0.3, -0.25) is 0 Å². The Balaban J connectivity index is 2.41. The molecule has 0 aliphatic heterocycles. The fraction of sp³-hybridized carbons (Fsp3) is 0.455. The third-order valence-electron chi connectivity index (χ3n) is 2.15. The fourth-order valence-corrected chi connectivity index (χ4v) is 1.83. The van der Waals surface area contributed by atoms with Gasteiger partial charge in [0.1, 0.15) is 0 Å². The molecule has 84 valence electrons. The van der Waals surface area contributed by atoms with Crippen LogP contribution < -0.4 is 5.32 Å². The van der Waals surface area contributed by atoms with Crippen LogP contribution in [0.15, 0.2) is 27.1 Å². The third kappa shape index (κ3) is 4.64. The Bertz CT molecular complexity index is 317. The van der Waals surface area contributed by atoms with Crippen LogP contribution in [0.5, 0.6) is 0 Å². The van der Waals surface area contributed by atoms with E-state index in [4.69, 9.17) is 4.74 Å². The van der Waals surface area contributed by atoms with Crippen molar-refractivity contribution in [1.82, 2.24) is 5.32 Å². The molecule has 0 aliphatic rings. The fourth-order valence-electron chi connectivity index (χ4n) is 1.15. The summed E-state index contributed by atoms with van der Waals surface area (Å²) in [5, 5.41) is 3.34. The van der Waals surface area contributed by atoms with Crippen molar-refractivity contribution in [2.45, 2.75) is 19.6 Å². The van der Waals surface area contributed by atoms with Gasteiger partial charge in [-0.1, -0.05) is 6.07 Å². The molecule has 0 amide bonds. The Morgan fingerprint density at radius 1 is 1.33 bits per heavy atom. The van der Waals surface area contributed by atoms with Crippen LogP contribution in [0.1, 0.15) is 12.5 Å². The van der Waals surface area contributed by atoms with Crippen molar-refractivity contribution in [3.8, 4) is 0 Å². The standard InChI is InChI=1S/C11H15Br2NO/c1-8(15-2)6-14-7-9-3-4-10(12)11(13)5-9/h3-5,8,14H,6-7H2,1-2H3. The highest BCUT2D eigenvalue weighted by Crippen LogP contribution is 2.23. The van der Waals surface area contributed by atoms with Gasteiger partial charge in [0.25, 0.3) is 0 Å². The predicted molar refractivity (Wildman–Crippen MR) is 70.0 cm³/mol. The number of halogens is 2. The lowest BCUT2D eigenvalue weighted by atomic mass is 10.2. The van der Waals surface area contributed by atoms with Crippen LogP contribution in [0, 0.1) is 0 Å². The molecule has 1 N–H and O–H groups in total. The molecule has 0 aromatic heterocycles. The molecule has 1 unspecified atom stereocenters. The average Bonchev–Trinajstić information content (AvgIpc) is 2.23. The zero-order valence-electron chi connectivity index (χ0n) is 8.89. The zero-order chi connectivity index (χ0) is 11.3. The van der Waals surface area contributed by atoms with Gasteiger partial charge in [-0.2, -0.15) is 0 Å². The normalized spacial score (nSPS) is 12.8. The lowest BCUT2D eigenvalue weighted by Gasteiger charge is -2.11. The average molecular weight is 337 g/mol. The predicted octanol–water partition coefficient (Wildman–Crippen LogP) is 3.34. The van der Waals surface area contributed by atoms with Gasteiger partial charge in [0.05, 0.1) is 6.10 Å². The van der Waals surface area contributed by atoms with Crippen molar-refractivity contribution >= 4 is 31.9 Å². The maximum atomic E-state index is 5.15. The first-order chi connectivity index (χ1) is 7.13. The number of nitrogens with one attached hydrogen (secondary N) is 1. The van der Waals surface area contributed by atoms with E-state index in [2.05, 4.69) is 49.3 Å². The van der Waals surface area contributed by atoms with Crippen LogP contribution in [0.25, 0.3) is 0 Å². The topological polar surface area (TPSA) is 21.3 Å². The molecule has 2 nitrogen and oxygen atoms in total. The quantitative estimate of drug-likeness (QED) is 0.890. The summed E-state index contributed by atoms with van der Waals surface area (Å²) in [6, 6.07) is 6.24. The molecule has 0 saturated carbocycles. The summed E-state index contributed by atoms with van der Waals surface area (Å²) in [6.07, 6.45) is 0.254. The molecule has 1 atom stereocenters. The second-order valence-corrected chi connectivity index (χ2v) is 5.13. The maximum Gasteiger partial charge on any atom is 0.0667 e. The van der Waals surface area contributed by atoms with Gasteiger partial charge in [0, 0.05) is 29.1 Å². The minimum Gasteiger partial charge on any atom is -0.380 e.